The third kappa shape index (κ3) is 7.00. The fourth-order valence-electron chi connectivity index (χ4n) is 2.94. The summed E-state index contributed by atoms with van der Waals surface area (Å²) in [6.45, 7) is 6.43. The van der Waals surface area contributed by atoms with Gasteiger partial charge in [-0.15, -0.1) is 10.2 Å². The molecule has 0 saturated carbocycles. The van der Waals surface area contributed by atoms with Crippen LogP contribution in [0, 0.1) is 0 Å². The van der Waals surface area contributed by atoms with Crippen molar-refractivity contribution in [2.45, 2.75) is 24.2 Å². The van der Waals surface area contributed by atoms with Gasteiger partial charge in [0.1, 0.15) is 11.5 Å². The first kappa shape index (κ1) is 23.1. The highest BCUT2D eigenvalue weighted by molar-refractivity contribution is 8.01. The number of thioether (sulfide) groups is 1. The Bertz CT molecular complexity index is 867. The number of hydrogen-bond donors (Lipinski definition) is 1. The minimum absolute atomic E-state index is 0.00433. The van der Waals surface area contributed by atoms with Crippen LogP contribution in [0.2, 0.25) is 0 Å². The molecule has 3 rings (SSSR count). The second-order valence-electron chi connectivity index (χ2n) is 7.19. The molecule has 0 unspecified atom stereocenters. The molecule has 1 aliphatic rings. The fraction of sp³-hybridized carbons (Fsp3) is 0.500. The van der Waals surface area contributed by atoms with E-state index in [2.05, 4.69) is 20.4 Å². The highest BCUT2D eigenvalue weighted by Crippen LogP contribution is 2.28. The van der Waals surface area contributed by atoms with Gasteiger partial charge in [-0.3, -0.25) is 9.59 Å². The Morgan fingerprint density at radius 3 is 2.45 bits per heavy atom. The molecule has 1 aromatic carbocycles. The summed E-state index contributed by atoms with van der Waals surface area (Å²) in [5, 5.41) is 12.1. The van der Waals surface area contributed by atoms with Gasteiger partial charge in [0.05, 0.1) is 12.9 Å². The number of rotatable bonds is 9. The summed E-state index contributed by atoms with van der Waals surface area (Å²) in [5.41, 5.74) is 0. The van der Waals surface area contributed by atoms with Crippen molar-refractivity contribution in [1.29, 1.82) is 0 Å². The van der Waals surface area contributed by atoms with Gasteiger partial charge in [0, 0.05) is 32.2 Å². The number of amides is 2. The molecule has 31 heavy (non-hydrogen) atoms. The average Bonchev–Trinajstić information content (AvgIpc) is 3.25. The molecule has 2 heterocycles. The summed E-state index contributed by atoms with van der Waals surface area (Å²) < 4.78 is 11.5. The van der Waals surface area contributed by atoms with Gasteiger partial charge in [-0.25, -0.2) is 0 Å². The number of piperazine rings is 1. The standard InChI is InChI=1S/C20H27N5O4S2/c1-14(2)21-17(26)13-30-20-23-22-19(31-20)25-10-8-24(9-11-25)18(27)12-29-16-6-4-15(28-3)5-7-16/h4-7,14H,8-13H2,1-3H3,(H,21,26). The largest absolute Gasteiger partial charge is 0.497 e. The molecule has 0 aliphatic carbocycles. The number of ether oxygens (including phenoxy) is 2. The van der Waals surface area contributed by atoms with E-state index in [1.807, 2.05) is 13.8 Å². The van der Waals surface area contributed by atoms with E-state index in [1.165, 1.54) is 23.1 Å². The predicted octanol–water partition coefficient (Wildman–Crippen LogP) is 1.89. The lowest BCUT2D eigenvalue weighted by Gasteiger charge is -2.34. The van der Waals surface area contributed by atoms with Crippen LogP contribution < -0.4 is 19.7 Å². The maximum absolute atomic E-state index is 12.5. The van der Waals surface area contributed by atoms with Crippen LogP contribution >= 0.6 is 23.1 Å². The van der Waals surface area contributed by atoms with Crippen LogP contribution in [0.25, 0.3) is 0 Å². The van der Waals surface area contributed by atoms with E-state index in [1.54, 1.807) is 36.3 Å². The van der Waals surface area contributed by atoms with E-state index < -0.39 is 0 Å². The molecule has 1 aliphatic heterocycles. The van der Waals surface area contributed by atoms with Crippen LogP contribution in [0.4, 0.5) is 5.13 Å². The topological polar surface area (TPSA) is 96.9 Å². The number of hydrogen-bond acceptors (Lipinski definition) is 9. The molecule has 11 heteroatoms. The van der Waals surface area contributed by atoms with E-state index >= 15 is 0 Å². The minimum atomic E-state index is -0.0415. The Balaban J connectivity index is 1.41. The first-order valence-electron chi connectivity index (χ1n) is 10.00. The van der Waals surface area contributed by atoms with Crippen molar-refractivity contribution in [2.75, 3.05) is 50.5 Å². The zero-order valence-electron chi connectivity index (χ0n) is 17.9. The molecule has 2 amide bonds. The molecule has 1 aromatic heterocycles. The fourth-order valence-corrected chi connectivity index (χ4v) is 4.64. The summed E-state index contributed by atoms with van der Waals surface area (Å²) in [7, 11) is 1.60. The number of benzene rings is 1. The Labute approximate surface area is 190 Å². The SMILES string of the molecule is COc1ccc(OCC(=O)N2CCN(c3nnc(SCC(=O)NC(C)C)s3)CC2)cc1. The van der Waals surface area contributed by atoms with Gasteiger partial charge in [-0.05, 0) is 38.1 Å². The second kappa shape index (κ2) is 11.2. The van der Waals surface area contributed by atoms with Gasteiger partial charge >= 0.3 is 0 Å². The zero-order chi connectivity index (χ0) is 22.2. The van der Waals surface area contributed by atoms with E-state index in [0.717, 1.165) is 15.2 Å². The summed E-state index contributed by atoms with van der Waals surface area (Å²) >= 11 is 2.85. The van der Waals surface area contributed by atoms with Crippen molar-refractivity contribution in [3.05, 3.63) is 24.3 Å². The average molecular weight is 466 g/mol. The van der Waals surface area contributed by atoms with Gasteiger partial charge in [-0.2, -0.15) is 0 Å². The molecule has 9 nitrogen and oxygen atoms in total. The normalized spacial score (nSPS) is 13.9. The smallest absolute Gasteiger partial charge is 0.260 e. The van der Waals surface area contributed by atoms with Crippen LogP contribution in [0.15, 0.2) is 28.6 Å². The van der Waals surface area contributed by atoms with Crippen molar-refractivity contribution in [1.82, 2.24) is 20.4 Å². The first-order valence-corrected chi connectivity index (χ1v) is 11.8. The molecule has 0 atom stereocenters. The molecule has 1 fully saturated rings. The zero-order valence-corrected chi connectivity index (χ0v) is 19.5. The molecule has 2 aromatic rings. The summed E-state index contributed by atoms with van der Waals surface area (Å²) in [5.74, 6) is 1.64. The van der Waals surface area contributed by atoms with Gasteiger partial charge < -0.3 is 24.6 Å². The molecular formula is C20H27N5O4S2. The summed E-state index contributed by atoms with van der Waals surface area (Å²) in [4.78, 5) is 28.1. The van der Waals surface area contributed by atoms with Crippen LogP contribution in [0.5, 0.6) is 11.5 Å². The Hall–Kier alpha value is -2.53. The summed E-state index contributed by atoms with van der Waals surface area (Å²) in [6.07, 6.45) is 0. The van der Waals surface area contributed by atoms with Gasteiger partial charge in [-0.1, -0.05) is 23.1 Å². The van der Waals surface area contributed by atoms with E-state index in [9.17, 15) is 9.59 Å². The lowest BCUT2D eigenvalue weighted by Crippen LogP contribution is -2.50. The molecular weight excluding hydrogens is 438 g/mol. The van der Waals surface area contributed by atoms with E-state index in [0.29, 0.717) is 37.7 Å². The molecule has 1 N–H and O–H groups in total. The Morgan fingerprint density at radius 2 is 1.81 bits per heavy atom. The molecule has 168 valence electrons. The molecule has 0 radical (unpaired) electrons. The number of nitrogens with zero attached hydrogens (tertiary/aromatic N) is 4. The predicted molar refractivity (Wildman–Crippen MR) is 121 cm³/mol. The first-order chi connectivity index (χ1) is 14.9. The lowest BCUT2D eigenvalue weighted by atomic mass is 10.3. The van der Waals surface area contributed by atoms with Gasteiger partial charge in [0.15, 0.2) is 10.9 Å². The van der Waals surface area contributed by atoms with Crippen molar-refractivity contribution < 1.29 is 19.1 Å². The Kier molecular flexibility index (Phi) is 8.35. The maximum atomic E-state index is 12.5. The maximum Gasteiger partial charge on any atom is 0.260 e. The third-order valence-electron chi connectivity index (χ3n) is 4.50. The minimum Gasteiger partial charge on any atom is -0.497 e. The molecule has 0 bridgehead atoms. The number of anilines is 1. The van der Waals surface area contributed by atoms with E-state index in [-0.39, 0.29) is 24.5 Å². The lowest BCUT2D eigenvalue weighted by molar-refractivity contribution is -0.133. The highest BCUT2D eigenvalue weighted by atomic mass is 32.2. The van der Waals surface area contributed by atoms with Crippen molar-refractivity contribution in [2.24, 2.45) is 0 Å². The third-order valence-corrected chi connectivity index (χ3v) is 6.61. The number of methoxy groups -OCH3 is 1. The van der Waals surface area contributed by atoms with E-state index in [4.69, 9.17) is 9.47 Å². The number of carbonyl (C=O) groups excluding carboxylic acids is 2. The number of nitrogens with one attached hydrogen (secondary N) is 1. The van der Waals surface area contributed by atoms with Crippen molar-refractivity contribution in [3.8, 4) is 11.5 Å². The number of aromatic nitrogens is 2. The van der Waals surface area contributed by atoms with Gasteiger partial charge in [0.2, 0.25) is 11.0 Å². The van der Waals surface area contributed by atoms with Crippen molar-refractivity contribution >= 4 is 40.0 Å². The second-order valence-corrected chi connectivity index (χ2v) is 9.37. The van der Waals surface area contributed by atoms with Crippen LogP contribution in [0.1, 0.15) is 13.8 Å². The van der Waals surface area contributed by atoms with Crippen LogP contribution in [-0.2, 0) is 9.59 Å². The van der Waals surface area contributed by atoms with Gasteiger partial charge in [0.25, 0.3) is 5.91 Å². The highest BCUT2D eigenvalue weighted by Gasteiger charge is 2.24. The molecule has 0 spiro atoms. The summed E-state index contributed by atoms with van der Waals surface area (Å²) in [6, 6.07) is 7.27. The van der Waals surface area contributed by atoms with Crippen molar-refractivity contribution in [3.63, 3.8) is 0 Å². The quantitative estimate of drug-likeness (QED) is 0.561. The number of carbonyl (C=O) groups is 2. The van der Waals surface area contributed by atoms with Crippen LogP contribution in [-0.4, -0.2) is 78.6 Å². The Morgan fingerprint density at radius 1 is 1.13 bits per heavy atom. The monoisotopic (exact) mass is 465 g/mol. The molecule has 1 saturated heterocycles. The van der Waals surface area contributed by atoms with Crippen LogP contribution in [0.3, 0.4) is 0 Å².